The van der Waals surface area contributed by atoms with Gasteiger partial charge in [-0.15, -0.1) is 0 Å². The summed E-state index contributed by atoms with van der Waals surface area (Å²) in [4.78, 5) is 25.5. The molecule has 1 aliphatic heterocycles. The number of nitro groups is 1. The third-order valence-electron chi connectivity index (χ3n) is 4.71. The van der Waals surface area contributed by atoms with Crippen molar-refractivity contribution in [2.45, 2.75) is 13.0 Å². The van der Waals surface area contributed by atoms with E-state index in [4.69, 9.17) is 9.47 Å². The van der Waals surface area contributed by atoms with Gasteiger partial charge in [0.05, 0.1) is 19.1 Å². The molecule has 3 rings (SSSR count). The highest BCUT2D eigenvalue weighted by Crippen LogP contribution is 2.36. The lowest BCUT2D eigenvalue weighted by Gasteiger charge is -2.28. The first-order chi connectivity index (χ1) is 13.5. The second-order valence-corrected chi connectivity index (χ2v) is 6.56. The highest BCUT2D eigenvalue weighted by atomic mass is 16.6. The zero-order chi connectivity index (χ0) is 20.1. The van der Waals surface area contributed by atoms with Crippen LogP contribution in [0.5, 0.6) is 11.5 Å². The van der Waals surface area contributed by atoms with Crippen molar-refractivity contribution in [2.75, 3.05) is 27.3 Å². The lowest BCUT2D eigenvalue weighted by Crippen LogP contribution is -2.35. The van der Waals surface area contributed by atoms with Crippen LogP contribution < -0.4 is 9.47 Å². The third-order valence-corrected chi connectivity index (χ3v) is 4.71. The van der Waals surface area contributed by atoms with E-state index in [2.05, 4.69) is 17.0 Å². The molecular formula is C21H22N2O5. The second kappa shape index (κ2) is 8.67. The maximum absolute atomic E-state index is 12.4. The summed E-state index contributed by atoms with van der Waals surface area (Å²) in [6.07, 6.45) is 2.10. The summed E-state index contributed by atoms with van der Waals surface area (Å²) in [5.74, 6) is 0.581. The van der Waals surface area contributed by atoms with Gasteiger partial charge in [-0.2, -0.15) is 0 Å². The number of methoxy groups -OCH3 is 2. The van der Waals surface area contributed by atoms with Crippen LogP contribution in [0.1, 0.15) is 17.5 Å². The number of Topliss-reactive ketones (excluding diaryl/α,β-unsaturated/α-hetero) is 1. The first-order valence-electron chi connectivity index (χ1n) is 8.92. The molecule has 0 N–H and O–H groups in total. The van der Waals surface area contributed by atoms with Crippen molar-refractivity contribution < 1.29 is 19.2 Å². The van der Waals surface area contributed by atoms with Crippen LogP contribution in [0.25, 0.3) is 6.08 Å². The number of carbonyl (C=O) groups is 1. The summed E-state index contributed by atoms with van der Waals surface area (Å²) in [5.41, 5.74) is 2.10. The quantitative estimate of drug-likeness (QED) is 0.432. The fourth-order valence-electron chi connectivity index (χ4n) is 3.28. The van der Waals surface area contributed by atoms with Gasteiger partial charge in [0, 0.05) is 49.3 Å². The van der Waals surface area contributed by atoms with E-state index >= 15 is 0 Å². The molecule has 0 bridgehead atoms. The predicted octanol–water partition coefficient (Wildman–Crippen LogP) is 3.47. The Bertz CT molecular complexity index is 909. The summed E-state index contributed by atoms with van der Waals surface area (Å²) in [6.45, 7) is 1.91. The van der Waals surface area contributed by atoms with Gasteiger partial charge in [-0.3, -0.25) is 19.8 Å². The Morgan fingerprint density at radius 1 is 1.14 bits per heavy atom. The van der Waals surface area contributed by atoms with E-state index in [1.807, 2.05) is 18.2 Å². The number of carbonyl (C=O) groups excluding carboxylic acids is 1. The molecular weight excluding hydrogens is 360 g/mol. The molecule has 0 saturated carbocycles. The van der Waals surface area contributed by atoms with Crippen LogP contribution in [0.2, 0.25) is 0 Å². The van der Waals surface area contributed by atoms with Crippen LogP contribution >= 0.6 is 0 Å². The minimum atomic E-state index is -0.509. The van der Waals surface area contributed by atoms with Crippen molar-refractivity contribution >= 4 is 17.5 Å². The van der Waals surface area contributed by atoms with Crippen molar-refractivity contribution in [3.8, 4) is 11.5 Å². The first kappa shape index (κ1) is 19.6. The predicted molar refractivity (Wildman–Crippen MR) is 106 cm³/mol. The number of ether oxygens (including phenoxy) is 2. The van der Waals surface area contributed by atoms with Gasteiger partial charge in [-0.05, 0) is 11.6 Å². The third kappa shape index (κ3) is 4.37. The normalized spacial score (nSPS) is 16.2. The zero-order valence-electron chi connectivity index (χ0n) is 15.9. The molecule has 0 aliphatic carbocycles. The highest BCUT2D eigenvalue weighted by molar-refractivity contribution is 6.01. The number of hydrogen-bond acceptors (Lipinski definition) is 6. The molecule has 146 valence electrons. The van der Waals surface area contributed by atoms with Crippen LogP contribution in [0.15, 0.2) is 48.0 Å². The fourth-order valence-corrected chi connectivity index (χ4v) is 3.28. The summed E-state index contributed by atoms with van der Waals surface area (Å²) in [6, 6.07) is 12.9. The average molecular weight is 382 g/mol. The lowest BCUT2D eigenvalue weighted by atomic mass is 9.99. The number of hydrogen-bond donors (Lipinski definition) is 0. The van der Waals surface area contributed by atoms with Crippen LogP contribution in [0.3, 0.4) is 0 Å². The van der Waals surface area contributed by atoms with Crippen LogP contribution in [-0.4, -0.2) is 42.9 Å². The van der Waals surface area contributed by atoms with Crippen molar-refractivity contribution in [1.82, 2.24) is 4.90 Å². The molecule has 2 aromatic rings. The Morgan fingerprint density at radius 2 is 1.86 bits per heavy atom. The number of nitro benzene ring substituents is 1. The standard InChI is InChI=1S/C21H22N2O5/c1-27-20-12-21(28-2)18(23(25)26)11-16(20)10-17-14-22(9-8-19(17)24)13-15-6-4-3-5-7-15/h3-7,10-12H,8-9,13-14H2,1-2H3/b17-10+. The van der Waals surface area contributed by atoms with Gasteiger partial charge in [0.15, 0.2) is 5.78 Å². The molecule has 0 unspecified atom stereocenters. The van der Waals surface area contributed by atoms with Crippen LogP contribution in [0, 0.1) is 10.1 Å². The lowest BCUT2D eigenvalue weighted by molar-refractivity contribution is -0.385. The highest BCUT2D eigenvalue weighted by Gasteiger charge is 2.24. The van der Waals surface area contributed by atoms with E-state index in [9.17, 15) is 14.9 Å². The molecule has 0 aromatic heterocycles. The van der Waals surface area contributed by atoms with Gasteiger partial charge >= 0.3 is 5.69 Å². The van der Waals surface area contributed by atoms with Crippen molar-refractivity contribution in [3.63, 3.8) is 0 Å². The summed E-state index contributed by atoms with van der Waals surface area (Å²) >= 11 is 0. The molecule has 0 spiro atoms. The molecule has 2 aromatic carbocycles. The molecule has 1 heterocycles. The molecule has 7 nitrogen and oxygen atoms in total. The minimum absolute atomic E-state index is 0.0461. The van der Waals surface area contributed by atoms with Crippen LogP contribution in [-0.2, 0) is 11.3 Å². The summed E-state index contributed by atoms with van der Waals surface area (Å²) in [7, 11) is 2.85. The van der Waals surface area contributed by atoms with Gasteiger partial charge in [-0.25, -0.2) is 0 Å². The Balaban J connectivity index is 1.91. The van der Waals surface area contributed by atoms with Crippen molar-refractivity contribution in [3.05, 3.63) is 69.3 Å². The average Bonchev–Trinajstić information content (AvgIpc) is 2.70. The van der Waals surface area contributed by atoms with E-state index < -0.39 is 4.92 Å². The van der Waals surface area contributed by atoms with Crippen LogP contribution in [0.4, 0.5) is 5.69 Å². The van der Waals surface area contributed by atoms with Crippen molar-refractivity contribution in [2.24, 2.45) is 0 Å². The number of nitrogens with zero attached hydrogens (tertiary/aromatic N) is 2. The number of rotatable bonds is 6. The molecule has 1 saturated heterocycles. The maximum atomic E-state index is 12.4. The molecule has 1 fully saturated rings. The van der Waals surface area contributed by atoms with E-state index in [-0.39, 0.29) is 17.2 Å². The summed E-state index contributed by atoms with van der Waals surface area (Å²) < 4.78 is 10.4. The minimum Gasteiger partial charge on any atom is -0.496 e. The van der Waals surface area contributed by atoms with Gasteiger partial charge in [0.25, 0.3) is 0 Å². The van der Waals surface area contributed by atoms with Gasteiger partial charge in [0.2, 0.25) is 5.75 Å². The monoisotopic (exact) mass is 382 g/mol. The van der Waals surface area contributed by atoms with E-state index in [1.165, 1.54) is 31.9 Å². The number of benzene rings is 2. The van der Waals surface area contributed by atoms with Gasteiger partial charge < -0.3 is 9.47 Å². The molecule has 0 radical (unpaired) electrons. The Kier molecular flexibility index (Phi) is 6.06. The Labute approximate surface area is 163 Å². The Hall–Kier alpha value is -3.19. The Morgan fingerprint density at radius 3 is 2.50 bits per heavy atom. The molecule has 0 atom stereocenters. The molecule has 1 aliphatic rings. The number of piperidine rings is 1. The molecule has 0 amide bonds. The van der Waals surface area contributed by atoms with Crippen molar-refractivity contribution in [1.29, 1.82) is 0 Å². The first-order valence-corrected chi connectivity index (χ1v) is 8.92. The largest absolute Gasteiger partial charge is 0.496 e. The second-order valence-electron chi connectivity index (χ2n) is 6.56. The number of likely N-dealkylation sites (tertiary alicyclic amines) is 1. The number of ketones is 1. The van der Waals surface area contributed by atoms with E-state index in [0.29, 0.717) is 36.4 Å². The summed E-state index contributed by atoms with van der Waals surface area (Å²) in [5, 5.41) is 11.3. The smallest absolute Gasteiger partial charge is 0.311 e. The zero-order valence-corrected chi connectivity index (χ0v) is 15.9. The SMILES string of the molecule is COc1cc(OC)c([N+](=O)[O-])cc1/C=C1\CN(Cc2ccccc2)CCC1=O. The van der Waals surface area contributed by atoms with Gasteiger partial charge in [-0.1, -0.05) is 30.3 Å². The molecule has 28 heavy (non-hydrogen) atoms. The maximum Gasteiger partial charge on any atom is 0.311 e. The van der Waals surface area contributed by atoms with Gasteiger partial charge in [0.1, 0.15) is 5.75 Å². The molecule has 7 heteroatoms. The fraction of sp³-hybridized carbons (Fsp3) is 0.286. The van der Waals surface area contributed by atoms with E-state index in [1.54, 1.807) is 6.08 Å². The topological polar surface area (TPSA) is 81.9 Å². The van der Waals surface area contributed by atoms with E-state index in [0.717, 1.165) is 6.54 Å².